The van der Waals surface area contributed by atoms with Crippen molar-refractivity contribution in [3.05, 3.63) is 28.7 Å². The van der Waals surface area contributed by atoms with Crippen molar-refractivity contribution in [1.29, 1.82) is 0 Å². The van der Waals surface area contributed by atoms with Crippen molar-refractivity contribution in [1.82, 2.24) is 10.6 Å². The van der Waals surface area contributed by atoms with E-state index in [0.717, 1.165) is 29.9 Å². The minimum absolute atomic E-state index is 0.191. The molecule has 1 saturated heterocycles. The highest BCUT2D eigenvalue weighted by Crippen LogP contribution is 2.28. The number of para-hydroxylation sites is 1. The van der Waals surface area contributed by atoms with Crippen LogP contribution in [0.15, 0.2) is 33.7 Å². The lowest BCUT2D eigenvalue weighted by molar-refractivity contribution is 0.597. The van der Waals surface area contributed by atoms with E-state index in [1.165, 1.54) is 11.9 Å². The zero-order valence-corrected chi connectivity index (χ0v) is 16.5. The fourth-order valence-electron chi connectivity index (χ4n) is 2.73. The molecular formula is C16H25BrN4O2S. The van der Waals surface area contributed by atoms with E-state index in [1.807, 2.05) is 12.1 Å². The minimum Gasteiger partial charge on any atom is -0.368 e. The molecule has 2 N–H and O–H groups in total. The molecule has 134 valence electrons. The van der Waals surface area contributed by atoms with Crippen molar-refractivity contribution >= 4 is 37.4 Å². The van der Waals surface area contributed by atoms with Gasteiger partial charge in [-0.25, -0.2) is 8.42 Å². The highest BCUT2D eigenvalue weighted by Gasteiger charge is 2.24. The Kier molecular flexibility index (Phi) is 6.91. The standard InChI is InChI=1S/C16H25BrN4O2S/c1-18-16(19-9-5-11-24(2,22)23)20-13-8-10-21(12-13)15-7-4-3-6-14(15)17/h3-4,6-7,13H,5,8-12H2,1-2H3,(H2,18,19,20). The zero-order valence-electron chi connectivity index (χ0n) is 14.1. The Morgan fingerprint density at radius 1 is 1.42 bits per heavy atom. The molecule has 6 nitrogen and oxygen atoms in total. The summed E-state index contributed by atoms with van der Waals surface area (Å²) in [5.41, 5.74) is 1.21. The average Bonchev–Trinajstić information content (AvgIpc) is 2.98. The fourth-order valence-corrected chi connectivity index (χ4v) is 3.94. The van der Waals surface area contributed by atoms with Gasteiger partial charge in [-0.15, -0.1) is 0 Å². The molecular weight excluding hydrogens is 392 g/mol. The van der Waals surface area contributed by atoms with Crippen LogP contribution < -0.4 is 15.5 Å². The van der Waals surface area contributed by atoms with Crippen LogP contribution in [0.25, 0.3) is 0 Å². The summed E-state index contributed by atoms with van der Waals surface area (Å²) in [4.78, 5) is 6.56. The maximum absolute atomic E-state index is 11.1. The molecule has 1 fully saturated rings. The lowest BCUT2D eigenvalue weighted by atomic mass is 10.3. The van der Waals surface area contributed by atoms with E-state index in [4.69, 9.17) is 0 Å². The molecule has 0 aliphatic carbocycles. The first-order valence-electron chi connectivity index (χ1n) is 8.03. The number of guanidine groups is 1. The molecule has 0 bridgehead atoms. The van der Waals surface area contributed by atoms with Gasteiger partial charge in [-0.1, -0.05) is 12.1 Å². The quantitative estimate of drug-likeness (QED) is 0.418. The lowest BCUT2D eigenvalue weighted by Crippen LogP contribution is -2.45. The van der Waals surface area contributed by atoms with Gasteiger partial charge >= 0.3 is 0 Å². The Morgan fingerprint density at radius 2 is 2.17 bits per heavy atom. The lowest BCUT2D eigenvalue weighted by Gasteiger charge is -2.21. The van der Waals surface area contributed by atoms with Crippen LogP contribution >= 0.6 is 15.9 Å². The maximum atomic E-state index is 11.1. The summed E-state index contributed by atoms with van der Waals surface area (Å²) < 4.78 is 23.4. The summed E-state index contributed by atoms with van der Waals surface area (Å²) in [6, 6.07) is 8.55. The van der Waals surface area contributed by atoms with Gasteiger partial charge in [0.25, 0.3) is 0 Å². The summed E-state index contributed by atoms with van der Waals surface area (Å²) in [5, 5.41) is 6.60. The van der Waals surface area contributed by atoms with Crippen molar-refractivity contribution in [3.8, 4) is 0 Å². The first-order chi connectivity index (χ1) is 11.4. The summed E-state index contributed by atoms with van der Waals surface area (Å²) in [6.07, 6.45) is 2.87. The van der Waals surface area contributed by atoms with Crippen molar-refractivity contribution < 1.29 is 8.42 Å². The van der Waals surface area contributed by atoms with Crippen LogP contribution in [0.4, 0.5) is 5.69 Å². The van der Waals surface area contributed by atoms with E-state index in [0.29, 0.717) is 19.0 Å². The molecule has 1 aromatic rings. The van der Waals surface area contributed by atoms with Gasteiger partial charge in [-0.05, 0) is 40.9 Å². The molecule has 1 aromatic carbocycles. The number of anilines is 1. The first kappa shape index (κ1) is 19.1. The Labute approximate surface area is 152 Å². The first-order valence-corrected chi connectivity index (χ1v) is 10.9. The number of nitrogens with zero attached hydrogens (tertiary/aromatic N) is 2. The second-order valence-corrected chi connectivity index (χ2v) is 9.12. The van der Waals surface area contributed by atoms with Crippen LogP contribution in [0.1, 0.15) is 12.8 Å². The summed E-state index contributed by atoms with van der Waals surface area (Å²) in [7, 11) is -1.18. The van der Waals surface area contributed by atoms with Crippen molar-refractivity contribution in [2.45, 2.75) is 18.9 Å². The predicted octanol–water partition coefficient (Wildman–Crippen LogP) is 1.63. The van der Waals surface area contributed by atoms with Gasteiger partial charge in [0, 0.05) is 43.5 Å². The Morgan fingerprint density at radius 3 is 2.83 bits per heavy atom. The number of hydrogen-bond donors (Lipinski definition) is 2. The molecule has 24 heavy (non-hydrogen) atoms. The van der Waals surface area contributed by atoms with E-state index in [2.05, 4.69) is 48.6 Å². The highest BCUT2D eigenvalue weighted by molar-refractivity contribution is 9.10. The van der Waals surface area contributed by atoms with Crippen LogP contribution in [0.2, 0.25) is 0 Å². The number of nitrogens with one attached hydrogen (secondary N) is 2. The topological polar surface area (TPSA) is 73.8 Å². The maximum Gasteiger partial charge on any atom is 0.191 e. The average molecular weight is 417 g/mol. The summed E-state index contributed by atoms with van der Waals surface area (Å²) in [6.45, 7) is 2.49. The van der Waals surface area contributed by atoms with Gasteiger partial charge in [0.15, 0.2) is 5.96 Å². The Bertz CT molecular complexity index is 678. The number of halogens is 1. The van der Waals surface area contributed by atoms with Gasteiger partial charge in [0.1, 0.15) is 9.84 Å². The van der Waals surface area contributed by atoms with Crippen molar-refractivity contribution in [3.63, 3.8) is 0 Å². The normalized spacial score (nSPS) is 18.7. The van der Waals surface area contributed by atoms with Gasteiger partial charge in [0.2, 0.25) is 0 Å². The van der Waals surface area contributed by atoms with E-state index < -0.39 is 9.84 Å². The molecule has 1 heterocycles. The predicted molar refractivity (Wildman–Crippen MR) is 104 cm³/mol. The molecule has 1 atom stereocenters. The van der Waals surface area contributed by atoms with Crippen LogP contribution in [-0.4, -0.2) is 59.1 Å². The SMILES string of the molecule is CN=C(NCCCS(C)(=O)=O)NC1CCN(c2ccccc2Br)C1. The minimum atomic E-state index is -2.90. The third kappa shape index (κ3) is 5.98. The van der Waals surface area contributed by atoms with Crippen LogP contribution in [0.3, 0.4) is 0 Å². The Balaban J connectivity index is 1.80. The molecule has 1 aliphatic rings. The van der Waals surface area contributed by atoms with Crippen molar-refractivity contribution in [2.24, 2.45) is 4.99 Å². The number of rotatable bonds is 6. The molecule has 2 rings (SSSR count). The number of sulfone groups is 1. The molecule has 0 saturated carbocycles. The second-order valence-electron chi connectivity index (χ2n) is 6.01. The molecule has 0 amide bonds. The monoisotopic (exact) mass is 416 g/mol. The van der Waals surface area contributed by atoms with Gasteiger partial charge in [0.05, 0.1) is 11.4 Å². The molecule has 1 unspecified atom stereocenters. The second kappa shape index (κ2) is 8.71. The van der Waals surface area contributed by atoms with E-state index in [-0.39, 0.29) is 5.75 Å². The molecule has 0 radical (unpaired) electrons. The third-order valence-electron chi connectivity index (χ3n) is 3.93. The molecule has 1 aliphatic heterocycles. The number of aliphatic imine (C=N–C) groups is 1. The van der Waals surface area contributed by atoms with Crippen LogP contribution in [0, 0.1) is 0 Å². The smallest absolute Gasteiger partial charge is 0.191 e. The molecule has 0 aromatic heterocycles. The molecule has 0 spiro atoms. The van der Waals surface area contributed by atoms with Crippen LogP contribution in [-0.2, 0) is 9.84 Å². The van der Waals surface area contributed by atoms with Gasteiger partial charge in [-0.2, -0.15) is 0 Å². The fraction of sp³-hybridized carbons (Fsp3) is 0.562. The van der Waals surface area contributed by atoms with Gasteiger partial charge < -0.3 is 15.5 Å². The van der Waals surface area contributed by atoms with Crippen LogP contribution in [0.5, 0.6) is 0 Å². The summed E-state index contributed by atoms with van der Waals surface area (Å²) in [5.74, 6) is 0.915. The van der Waals surface area contributed by atoms with E-state index in [1.54, 1.807) is 7.05 Å². The third-order valence-corrected chi connectivity index (χ3v) is 5.63. The number of benzene rings is 1. The number of hydrogen-bond acceptors (Lipinski definition) is 4. The zero-order chi connectivity index (χ0) is 17.6. The summed E-state index contributed by atoms with van der Waals surface area (Å²) >= 11 is 3.60. The molecule has 8 heteroatoms. The largest absolute Gasteiger partial charge is 0.368 e. The van der Waals surface area contributed by atoms with Crippen molar-refractivity contribution in [2.75, 3.05) is 43.6 Å². The highest BCUT2D eigenvalue weighted by atomic mass is 79.9. The van der Waals surface area contributed by atoms with Gasteiger partial charge in [-0.3, -0.25) is 4.99 Å². The van der Waals surface area contributed by atoms with E-state index in [9.17, 15) is 8.42 Å². The van der Waals surface area contributed by atoms with E-state index >= 15 is 0 Å². The Hall–Kier alpha value is -1.28.